The smallest absolute Gasteiger partial charge is 0.282 e. The van der Waals surface area contributed by atoms with E-state index in [1.165, 1.54) is 12.1 Å². The van der Waals surface area contributed by atoms with Gasteiger partial charge in [-0.15, -0.1) is 0 Å². The van der Waals surface area contributed by atoms with Crippen LogP contribution in [0.15, 0.2) is 24.3 Å². The highest BCUT2D eigenvalue weighted by molar-refractivity contribution is 7.86. The standard InChI is InChI=1S/C16H24FN3O2S/c17-15-7-5-6-14(12-15)16-13-18-8-11-20(16)23(21,22)19-9-3-1-2-4-10-19/h5-7,12,16,18H,1-4,8-11,13H2. The number of hydrogen-bond donors (Lipinski definition) is 1. The lowest BCUT2D eigenvalue weighted by Gasteiger charge is -2.38. The number of nitrogens with one attached hydrogen (secondary N) is 1. The van der Waals surface area contributed by atoms with Crippen molar-refractivity contribution >= 4 is 10.2 Å². The minimum atomic E-state index is -3.51. The molecule has 2 aliphatic heterocycles. The summed E-state index contributed by atoms with van der Waals surface area (Å²) in [6.07, 6.45) is 3.99. The van der Waals surface area contributed by atoms with Crippen molar-refractivity contribution in [2.45, 2.75) is 31.7 Å². The minimum absolute atomic E-state index is 0.333. The summed E-state index contributed by atoms with van der Waals surface area (Å²) >= 11 is 0. The van der Waals surface area contributed by atoms with Crippen LogP contribution >= 0.6 is 0 Å². The Balaban J connectivity index is 1.88. The second kappa shape index (κ2) is 7.25. The van der Waals surface area contributed by atoms with Gasteiger partial charge in [0.1, 0.15) is 5.82 Å². The molecule has 0 amide bonds. The molecule has 2 aliphatic rings. The molecular formula is C16H24FN3O2S. The topological polar surface area (TPSA) is 52.7 Å². The summed E-state index contributed by atoms with van der Waals surface area (Å²) in [4.78, 5) is 0. The first kappa shape index (κ1) is 16.8. The van der Waals surface area contributed by atoms with E-state index in [0.29, 0.717) is 38.3 Å². The van der Waals surface area contributed by atoms with Crippen LogP contribution in [0.3, 0.4) is 0 Å². The van der Waals surface area contributed by atoms with E-state index in [0.717, 1.165) is 25.7 Å². The average molecular weight is 341 g/mol. The van der Waals surface area contributed by atoms with E-state index >= 15 is 0 Å². The van der Waals surface area contributed by atoms with Gasteiger partial charge in [0.25, 0.3) is 10.2 Å². The molecule has 128 valence electrons. The van der Waals surface area contributed by atoms with Crippen molar-refractivity contribution in [1.82, 2.24) is 13.9 Å². The summed E-state index contributed by atoms with van der Waals surface area (Å²) in [5, 5.41) is 3.22. The van der Waals surface area contributed by atoms with Gasteiger partial charge >= 0.3 is 0 Å². The average Bonchev–Trinajstić information content (AvgIpc) is 2.85. The van der Waals surface area contributed by atoms with Crippen LogP contribution in [-0.2, 0) is 10.2 Å². The molecule has 0 aromatic heterocycles. The lowest BCUT2D eigenvalue weighted by atomic mass is 10.1. The molecule has 5 nitrogen and oxygen atoms in total. The molecule has 1 N–H and O–H groups in total. The highest BCUT2D eigenvalue weighted by atomic mass is 32.2. The van der Waals surface area contributed by atoms with Crippen LogP contribution in [-0.4, -0.2) is 49.8 Å². The Morgan fingerprint density at radius 2 is 1.83 bits per heavy atom. The van der Waals surface area contributed by atoms with Gasteiger partial charge in [-0.05, 0) is 30.5 Å². The van der Waals surface area contributed by atoms with Gasteiger partial charge < -0.3 is 5.32 Å². The Labute approximate surface area is 137 Å². The first-order valence-electron chi connectivity index (χ1n) is 8.32. The number of benzene rings is 1. The SMILES string of the molecule is O=S(=O)(N1CCCCCC1)N1CCNCC1c1cccc(F)c1. The van der Waals surface area contributed by atoms with Gasteiger partial charge in [-0.25, -0.2) is 4.39 Å². The van der Waals surface area contributed by atoms with Crippen LogP contribution < -0.4 is 5.32 Å². The Kier molecular flexibility index (Phi) is 5.31. The van der Waals surface area contributed by atoms with Crippen molar-refractivity contribution in [3.05, 3.63) is 35.6 Å². The Bertz CT molecular complexity index is 630. The fraction of sp³-hybridized carbons (Fsp3) is 0.625. The summed E-state index contributed by atoms with van der Waals surface area (Å²) in [6.45, 7) is 2.72. The Hall–Kier alpha value is -1.02. The molecule has 2 heterocycles. The molecule has 2 saturated heterocycles. The highest BCUT2D eigenvalue weighted by Gasteiger charge is 2.37. The monoisotopic (exact) mass is 341 g/mol. The van der Waals surface area contributed by atoms with Crippen LogP contribution in [0.25, 0.3) is 0 Å². The normalized spacial score (nSPS) is 25.2. The zero-order chi connectivity index (χ0) is 16.3. The largest absolute Gasteiger partial charge is 0.313 e. The van der Waals surface area contributed by atoms with E-state index in [4.69, 9.17) is 0 Å². The molecule has 0 bridgehead atoms. The molecule has 3 rings (SSSR count). The third kappa shape index (κ3) is 3.74. The van der Waals surface area contributed by atoms with Crippen LogP contribution in [0.5, 0.6) is 0 Å². The van der Waals surface area contributed by atoms with Crippen LogP contribution in [0.4, 0.5) is 4.39 Å². The molecule has 0 radical (unpaired) electrons. The summed E-state index contributed by atoms with van der Waals surface area (Å²) in [5.74, 6) is -0.333. The van der Waals surface area contributed by atoms with Crippen LogP contribution in [0, 0.1) is 5.82 Å². The molecule has 1 aromatic rings. The fourth-order valence-corrected chi connectivity index (χ4v) is 5.24. The molecule has 23 heavy (non-hydrogen) atoms. The predicted octanol–water partition coefficient (Wildman–Crippen LogP) is 1.89. The van der Waals surface area contributed by atoms with Crippen molar-refractivity contribution < 1.29 is 12.8 Å². The zero-order valence-electron chi connectivity index (χ0n) is 13.2. The number of nitrogens with zero attached hydrogens (tertiary/aromatic N) is 2. The van der Waals surface area contributed by atoms with Gasteiger partial charge in [-0.1, -0.05) is 25.0 Å². The maximum Gasteiger partial charge on any atom is 0.282 e. The summed E-state index contributed by atoms with van der Waals surface area (Å²) in [6, 6.07) is 5.89. The van der Waals surface area contributed by atoms with Gasteiger partial charge in [-0.2, -0.15) is 17.0 Å². The minimum Gasteiger partial charge on any atom is -0.313 e. The molecule has 0 spiro atoms. The van der Waals surface area contributed by atoms with Gasteiger partial charge in [0.2, 0.25) is 0 Å². The van der Waals surface area contributed by atoms with E-state index in [9.17, 15) is 12.8 Å². The van der Waals surface area contributed by atoms with Crippen molar-refractivity contribution in [2.75, 3.05) is 32.7 Å². The molecule has 1 unspecified atom stereocenters. The number of hydrogen-bond acceptors (Lipinski definition) is 3. The zero-order valence-corrected chi connectivity index (χ0v) is 14.1. The quantitative estimate of drug-likeness (QED) is 0.913. The van der Waals surface area contributed by atoms with Crippen LogP contribution in [0.2, 0.25) is 0 Å². The first-order valence-corrected chi connectivity index (χ1v) is 9.72. The Morgan fingerprint density at radius 1 is 1.09 bits per heavy atom. The van der Waals surface area contributed by atoms with Gasteiger partial charge in [0, 0.05) is 32.7 Å². The van der Waals surface area contributed by atoms with Crippen LogP contribution in [0.1, 0.15) is 37.3 Å². The summed E-state index contributed by atoms with van der Waals surface area (Å²) in [5.41, 5.74) is 0.704. The third-order valence-electron chi connectivity index (χ3n) is 4.62. The van der Waals surface area contributed by atoms with Gasteiger partial charge in [-0.3, -0.25) is 0 Å². The molecule has 0 saturated carbocycles. The molecule has 1 aromatic carbocycles. The predicted molar refractivity (Wildman–Crippen MR) is 87.7 cm³/mol. The lowest BCUT2D eigenvalue weighted by molar-refractivity contribution is 0.246. The number of piperazine rings is 1. The van der Waals surface area contributed by atoms with Gasteiger partial charge in [0.15, 0.2) is 0 Å². The fourth-order valence-electron chi connectivity index (χ4n) is 3.38. The molecular weight excluding hydrogens is 317 g/mol. The van der Waals surface area contributed by atoms with Crippen molar-refractivity contribution in [3.8, 4) is 0 Å². The van der Waals surface area contributed by atoms with Gasteiger partial charge in [0.05, 0.1) is 6.04 Å². The second-order valence-electron chi connectivity index (χ2n) is 6.21. The lowest BCUT2D eigenvalue weighted by Crippen LogP contribution is -2.53. The maximum absolute atomic E-state index is 13.6. The van der Waals surface area contributed by atoms with E-state index in [2.05, 4.69) is 5.32 Å². The number of rotatable bonds is 3. The van der Waals surface area contributed by atoms with Crippen molar-refractivity contribution in [2.24, 2.45) is 0 Å². The van der Waals surface area contributed by atoms with E-state index in [-0.39, 0.29) is 11.9 Å². The molecule has 7 heteroatoms. The maximum atomic E-state index is 13.6. The summed E-state index contributed by atoms with van der Waals surface area (Å²) < 4.78 is 42.9. The summed E-state index contributed by atoms with van der Waals surface area (Å²) in [7, 11) is -3.51. The highest BCUT2D eigenvalue weighted by Crippen LogP contribution is 2.28. The molecule has 1 atom stereocenters. The second-order valence-corrected chi connectivity index (χ2v) is 8.09. The Morgan fingerprint density at radius 3 is 2.52 bits per heavy atom. The molecule has 0 aliphatic carbocycles. The van der Waals surface area contributed by atoms with Crippen molar-refractivity contribution in [3.63, 3.8) is 0 Å². The number of halogens is 1. The van der Waals surface area contributed by atoms with E-state index in [1.807, 2.05) is 0 Å². The molecule has 2 fully saturated rings. The van der Waals surface area contributed by atoms with Crippen molar-refractivity contribution in [1.29, 1.82) is 0 Å². The van der Waals surface area contributed by atoms with E-state index < -0.39 is 10.2 Å². The third-order valence-corrected chi connectivity index (χ3v) is 6.66. The first-order chi connectivity index (χ1) is 11.1. The van der Waals surface area contributed by atoms with E-state index in [1.54, 1.807) is 20.7 Å².